The average Bonchev–Trinajstić information content (AvgIpc) is 3.50. The highest BCUT2D eigenvalue weighted by atomic mass is 79.9. The van der Waals surface area contributed by atoms with Gasteiger partial charge in [-0.15, -0.1) is 5.23 Å². The van der Waals surface area contributed by atoms with Gasteiger partial charge in [-0.05, 0) is 134 Å². The molecule has 52 heavy (non-hydrogen) atoms. The lowest BCUT2D eigenvalue weighted by Crippen LogP contribution is -2.15. The first-order valence-corrected chi connectivity index (χ1v) is 18.0. The molecule has 2 N–H and O–H groups in total. The molecular weight excluding hydrogens is 753 g/mol. The molecule has 0 unspecified atom stereocenters. The minimum atomic E-state index is -0.111. The maximum atomic E-state index is 9.21. The predicted molar refractivity (Wildman–Crippen MR) is 213 cm³/mol. The summed E-state index contributed by atoms with van der Waals surface area (Å²) < 4.78 is 1.10. The second-order valence-electron chi connectivity index (χ2n) is 13.7. The van der Waals surface area contributed by atoms with Crippen LogP contribution < -0.4 is 5.23 Å². The van der Waals surface area contributed by atoms with E-state index >= 15 is 0 Å². The summed E-state index contributed by atoms with van der Waals surface area (Å²) in [6.45, 7) is 8.88. The Labute approximate surface area is 322 Å². The maximum absolute atomic E-state index is 9.21. The maximum Gasteiger partial charge on any atom is 0.0991 e. The molecule has 2 aliphatic rings. The minimum absolute atomic E-state index is 0.0380. The molecule has 8 heteroatoms. The summed E-state index contributed by atoms with van der Waals surface area (Å²) in [6, 6.07) is 43.5. The summed E-state index contributed by atoms with van der Waals surface area (Å²) in [5, 5.41) is 36.5. The van der Waals surface area contributed by atoms with E-state index in [-0.39, 0.29) is 21.7 Å². The van der Waals surface area contributed by atoms with Gasteiger partial charge in [-0.2, -0.15) is 10.5 Å². The molecular formula is C44H34BrCl2N3O2. The Bertz CT molecular complexity index is 2390. The van der Waals surface area contributed by atoms with Crippen molar-refractivity contribution in [2.75, 3.05) is 5.23 Å². The first kappa shape index (κ1) is 36.9. The molecule has 5 nitrogen and oxygen atoms in total. The van der Waals surface area contributed by atoms with E-state index in [4.69, 9.17) is 38.9 Å². The Morgan fingerprint density at radius 3 is 1.37 bits per heavy atom. The summed E-state index contributed by atoms with van der Waals surface area (Å²) in [5.41, 5.74) is 14.0. The van der Waals surface area contributed by atoms with Crippen molar-refractivity contribution in [1.29, 1.82) is 10.5 Å². The fourth-order valence-electron chi connectivity index (χ4n) is 6.98. The van der Waals surface area contributed by atoms with Crippen LogP contribution in [0.25, 0.3) is 33.4 Å². The molecule has 0 bridgehead atoms. The Morgan fingerprint density at radius 1 is 0.519 bits per heavy atom. The van der Waals surface area contributed by atoms with Crippen LogP contribution in [0.4, 0.5) is 5.69 Å². The van der Waals surface area contributed by atoms with Crippen LogP contribution in [0.5, 0.6) is 0 Å². The molecule has 258 valence electrons. The first-order valence-electron chi connectivity index (χ1n) is 16.5. The van der Waals surface area contributed by atoms with E-state index in [1.807, 2.05) is 48.5 Å². The molecule has 6 aromatic rings. The quantitative estimate of drug-likeness (QED) is 0.171. The van der Waals surface area contributed by atoms with Gasteiger partial charge in [0.15, 0.2) is 0 Å². The fraction of sp³-hybridized carbons (Fsp3) is 0.136. The Hall–Kier alpha value is -4.92. The second kappa shape index (κ2) is 14.6. The van der Waals surface area contributed by atoms with E-state index in [0.717, 1.165) is 20.6 Å². The van der Waals surface area contributed by atoms with Gasteiger partial charge in [0.05, 0.1) is 29.0 Å². The molecule has 0 spiro atoms. The molecule has 0 fully saturated rings. The zero-order valence-electron chi connectivity index (χ0n) is 28.9. The number of hydrogen-bond acceptors (Lipinski definition) is 5. The van der Waals surface area contributed by atoms with Gasteiger partial charge in [0.2, 0.25) is 0 Å². The second-order valence-corrected chi connectivity index (χ2v) is 15.5. The van der Waals surface area contributed by atoms with Crippen LogP contribution in [-0.4, -0.2) is 10.4 Å². The van der Waals surface area contributed by atoms with Crippen LogP contribution in [0.2, 0.25) is 10.0 Å². The third kappa shape index (κ3) is 7.10. The van der Waals surface area contributed by atoms with Crippen molar-refractivity contribution in [3.8, 4) is 45.5 Å². The topological polar surface area (TPSA) is 91.3 Å². The van der Waals surface area contributed by atoms with Crippen LogP contribution >= 0.6 is 39.1 Å². The van der Waals surface area contributed by atoms with Crippen molar-refractivity contribution in [2.24, 2.45) is 0 Å². The summed E-state index contributed by atoms with van der Waals surface area (Å²) in [7, 11) is 0. The van der Waals surface area contributed by atoms with Gasteiger partial charge in [0.25, 0.3) is 0 Å². The molecule has 0 aromatic heterocycles. The lowest BCUT2D eigenvalue weighted by atomic mass is 9.81. The zero-order valence-corrected chi connectivity index (χ0v) is 32.0. The molecule has 8 rings (SSSR count). The van der Waals surface area contributed by atoms with Gasteiger partial charge in [-0.25, -0.2) is 0 Å². The van der Waals surface area contributed by atoms with Crippen molar-refractivity contribution in [2.45, 2.75) is 38.5 Å². The lowest BCUT2D eigenvalue weighted by Gasteiger charge is -2.22. The van der Waals surface area contributed by atoms with Gasteiger partial charge in [0.1, 0.15) is 0 Å². The van der Waals surface area contributed by atoms with Crippen molar-refractivity contribution in [1.82, 2.24) is 0 Å². The molecule has 0 saturated carbocycles. The van der Waals surface area contributed by atoms with Crippen LogP contribution in [0.3, 0.4) is 0 Å². The summed E-state index contributed by atoms with van der Waals surface area (Å²) in [4.78, 5) is 0. The van der Waals surface area contributed by atoms with Gasteiger partial charge >= 0.3 is 0 Å². The number of nitrogens with zero attached hydrogens (tertiary/aromatic N) is 3. The lowest BCUT2D eigenvalue weighted by molar-refractivity contribution is 0.0291. The molecule has 2 aliphatic carbocycles. The Morgan fingerprint density at radius 2 is 0.904 bits per heavy atom. The predicted octanol–water partition coefficient (Wildman–Crippen LogP) is 12.7. The van der Waals surface area contributed by atoms with Crippen molar-refractivity contribution < 1.29 is 10.4 Å². The van der Waals surface area contributed by atoms with Crippen molar-refractivity contribution >= 4 is 44.8 Å². The molecule has 0 heterocycles. The van der Waals surface area contributed by atoms with E-state index in [9.17, 15) is 5.26 Å². The summed E-state index contributed by atoms with van der Waals surface area (Å²) in [6.07, 6.45) is 0. The van der Waals surface area contributed by atoms with Gasteiger partial charge in [-0.1, -0.05) is 109 Å². The number of hydrogen-bond donors (Lipinski definition) is 2. The molecule has 0 aliphatic heterocycles. The number of halogens is 3. The first-order chi connectivity index (χ1) is 24.7. The van der Waals surface area contributed by atoms with E-state index < -0.39 is 0 Å². The van der Waals surface area contributed by atoms with E-state index in [1.165, 1.54) is 62.2 Å². The highest BCUT2D eigenvalue weighted by Gasteiger charge is 2.36. The van der Waals surface area contributed by atoms with Crippen molar-refractivity contribution in [3.05, 3.63) is 169 Å². The molecule has 0 amide bonds. The van der Waals surface area contributed by atoms with E-state index in [2.05, 4.69) is 104 Å². The zero-order chi connectivity index (χ0) is 37.4. The molecule has 0 radical (unpaired) electrons. The largest absolute Gasteiger partial charge is 0.264 e. The Balaban J connectivity index is 0.000000146. The number of rotatable bonds is 2. The molecule has 0 atom stereocenters. The van der Waals surface area contributed by atoms with E-state index in [1.54, 1.807) is 12.1 Å². The van der Waals surface area contributed by atoms with E-state index in [0.29, 0.717) is 10.6 Å². The monoisotopic (exact) mass is 785 g/mol. The highest BCUT2D eigenvalue weighted by Crippen LogP contribution is 2.51. The standard InChI is InChI=1S/C22H16ClN.C16H12BrN.C6H6ClNO2/c1-22(2)20-11-14(13-24)3-9-18(20)19-10-6-16(12-21(19)22)15-4-7-17(23)8-5-15;1-16(2)14-7-10(9-18)3-5-12(14)13-6-4-11(17)8-15(13)16;7-5-1-3-6(4-2-5)8(9)10/h3-12H,1-2H3;3-8H,1-2H3;1-4,9-10H. The fourth-order valence-corrected chi connectivity index (χ4v) is 7.60. The number of fused-ring (bicyclic) bond motifs is 6. The SMILES string of the molecule is CC1(C)c2cc(Br)ccc2-c2ccc(C#N)cc21.CC1(C)c2cc(C#N)ccc2-c2ccc(-c3ccc(Cl)cc3)cc21.ON(O)c1ccc(Cl)cc1. The third-order valence-corrected chi connectivity index (χ3v) is 10.8. The highest BCUT2D eigenvalue weighted by molar-refractivity contribution is 9.10. The number of benzene rings is 6. The van der Waals surface area contributed by atoms with Crippen molar-refractivity contribution in [3.63, 3.8) is 0 Å². The molecule has 0 saturated heterocycles. The summed E-state index contributed by atoms with van der Waals surface area (Å²) >= 11 is 15.1. The van der Waals surface area contributed by atoms with Crippen LogP contribution in [0.15, 0.2) is 126 Å². The minimum Gasteiger partial charge on any atom is -0.264 e. The summed E-state index contributed by atoms with van der Waals surface area (Å²) in [5.74, 6) is 0. The smallest absolute Gasteiger partial charge is 0.0991 e. The van der Waals surface area contributed by atoms with Crippen LogP contribution in [-0.2, 0) is 10.8 Å². The van der Waals surface area contributed by atoms with Crippen LogP contribution in [0.1, 0.15) is 61.1 Å². The van der Waals surface area contributed by atoms with Crippen LogP contribution in [0, 0.1) is 22.7 Å². The molecule has 6 aromatic carbocycles. The third-order valence-electron chi connectivity index (χ3n) is 9.81. The Kier molecular flexibility index (Phi) is 10.4. The number of nitriles is 2. The van der Waals surface area contributed by atoms with Gasteiger partial charge in [0, 0.05) is 25.3 Å². The average molecular weight is 788 g/mol. The number of anilines is 1. The van der Waals surface area contributed by atoms with Gasteiger partial charge < -0.3 is 0 Å². The normalized spacial score (nSPS) is 13.4. The van der Waals surface area contributed by atoms with Gasteiger partial charge in [-0.3, -0.25) is 10.4 Å².